The van der Waals surface area contributed by atoms with Gasteiger partial charge in [0.15, 0.2) is 9.03 Å². The summed E-state index contributed by atoms with van der Waals surface area (Å²) in [5.74, 6) is -0.217. The molecule has 2 rings (SSSR count). The third-order valence-electron chi connectivity index (χ3n) is 4.76. The highest BCUT2D eigenvalue weighted by Crippen LogP contribution is 2.20. The van der Waals surface area contributed by atoms with E-state index in [2.05, 4.69) is 9.98 Å². The second kappa shape index (κ2) is 21.6. The van der Waals surface area contributed by atoms with Crippen molar-refractivity contribution in [1.29, 1.82) is 0 Å². The summed E-state index contributed by atoms with van der Waals surface area (Å²) >= 11 is 0. The third-order valence-corrected chi connectivity index (χ3v) is 5.30. The lowest BCUT2D eigenvalue weighted by Gasteiger charge is -2.27. The Bertz CT molecular complexity index is 1010. The van der Waals surface area contributed by atoms with Crippen molar-refractivity contribution >= 4 is 27.2 Å². The Morgan fingerprint density at radius 3 is 2.51 bits per heavy atom. The van der Waals surface area contributed by atoms with Crippen molar-refractivity contribution in [2.24, 2.45) is 23.5 Å². The molecule has 0 saturated heterocycles. The molecule has 0 saturated carbocycles. The fourth-order valence-electron chi connectivity index (χ4n) is 2.55. The number of aliphatic hydroxyl groups excluding tert-OH is 1. The maximum atomic E-state index is 10.7. The first-order valence-corrected chi connectivity index (χ1v) is 12.9. The number of aliphatic imine (C=N–C) groups is 1. The van der Waals surface area contributed by atoms with E-state index in [0.29, 0.717) is 18.6 Å². The van der Waals surface area contributed by atoms with Gasteiger partial charge < -0.3 is 45.4 Å². The molecule has 0 bridgehead atoms. The maximum Gasteiger partial charge on any atom is 0.434 e. The number of imidazole rings is 1. The number of amidine groups is 1. The fourth-order valence-corrected chi connectivity index (χ4v) is 3.10. The summed E-state index contributed by atoms with van der Waals surface area (Å²) in [6.45, 7) is 6.30. The van der Waals surface area contributed by atoms with Gasteiger partial charge in [-0.25, -0.2) is 4.57 Å². The van der Waals surface area contributed by atoms with Crippen molar-refractivity contribution in [3.8, 4) is 0 Å². The highest BCUT2D eigenvalue weighted by atomic mass is 31.1. The monoisotopic (exact) mass is 569 g/mol. The number of ether oxygens (including phenoxy) is 1. The van der Waals surface area contributed by atoms with E-state index in [0.717, 1.165) is 0 Å². The first-order chi connectivity index (χ1) is 18.7. The molecular weight excluding hydrogens is 529 g/mol. The average Bonchev–Trinajstić information content (AvgIpc) is 3.32. The summed E-state index contributed by atoms with van der Waals surface area (Å²) in [4.78, 5) is 29.1. The molecule has 0 radical (unpaired) electrons. The zero-order valence-corrected chi connectivity index (χ0v) is 24.0. The van der Waals surface area contributed by atoms with Gasteiger partial charge in [0.05, 0.1) is 20.3 Å². The Balaban J connectivity index is 0.00000121. The van der Waals surface area contributed by atoms with Crippen LogP contribution in [-0.2, 0) is 38.8 Å². The zero-order valence-electron chi connectivity index (χ0n) is 23.0. The summed E-state index contributed by atoms with van der Waals surface area (Å²) in [5.41, 5.74) is 12.5. The number of aliphatic hydroxyl groups is 1. The summed E-state index contributed by atoms with van der Waals surface area (Å²) in [6.07, 6.45) is 3.71. The number of nitro groups is 1. The van der Waals surface area contributed by atoms with Crippen molar-refractivity contribution in [2.75, 3.05) is 20.3 Å². The van der Waals surface area contributed by atoms with Crippen LogP contribution in [0, 0.1) is 10.1 Å². The molecule has 1 aromatic heterocycles. The van der Waals surface area contributed by atoms with Crippen LogP contribution in [0.5, 0.6) is 0 Å². The van der Waals surface area contributed by atoms with Crippen LogP contribution in [0.3, 0.4) is 0 Å². The molecule has 0 aliphatic heterocycles. The van der Waals surface area contributed by atoms with Gasteiger partial charge in [0.1, 0.15) is 36.7 Å². The predicted octanol–water partition coefficient (Wildman–Crippen LogP) is 2.22. The summed E-state index contributed by atoms with van der Waals surface area (Å²) in [7, 11) is 2.89. The molecule has 1 heterocycles. The first-order valence-electron chi connectivity index (χ1n) is 12.0. The Morgan fingerprint density at radius 1 is 1.33 bits per heavy atom. The second-order valence-electron chi connectivity index (χ2n) is 7.42. The minimum Gasteiger partial charge on any atom is -0.394 e. The van der Waals surface area contributed by atoms with E-state index in [1.54, 1.807) is 25.1 Å². The van der Waals surface area contributed by atoms with Crippen LogP contribution >= 0.6 is 9.03 Å². The molecule has 14 nitrogen and oxygen atoms in total. The topological polar surface area (TPSA) is 194 Å². The van der Waals surface area contributed by atoms with Crippen LogP contribution in [0.25, 0.3) is 0 Å². The minimum absolute atomic E-state index is 0.0539. The van der Waals surface area contributed by atoms with Gasteiger partial charge in [0, 0.05) is 19.8 Å². The number of rotatable bonds is 15. The Labute approximate surface area is 230 Å². The molecule has 0 spiro atoms. The van der Waals surface area contributed by atoms with Crippen LogP contribution in [0.1, 0.15) is 32.0 Å². The van der Waals surface area contributed by atoms with Gasteiger partial charge in [-0.15, -0.1) is 0 Å². The van der Waals surface area contributed by atoms with Gasteiger partial charge in [-0.05, 0) is 23.5 Å². The van der Waals surface area contributed by atoms with Gasteiger partial charge in [0.2, 0.25) is 6.41 Å². The molecule has 39 heavy (non-hydrogen) atoms. The van der Waals surface area contributed by atoms with Crippen molar-refractivity contribution in [2.45, 2.75) is 46.3 Å². The Hall–Kier alpha value is -3.26. The largest absolute Gasteiger partial charge is 0.434 e. The standard InChI is InChI=1S/C15H25N6O7P.C7H9N.C2H6/c1-11(19(2)5-4-14(16)18-10-23)28-13(7-22)9-27-29-26-8-12-6-17-15(20(12)3)21(24)25;8-6-7-4-2-1-3-5-7;1-2/h4-6,10-11,13,22,29H,7-9H2,1-3H3,(H2,16,18,23);1-5H,6,8H2;1-2H3/b5-4-;;. The van der Waals surface area contributed by atoms with Crippen LogP contribution in [0.4, 0.5) is 5.95 Å². The maximum absolute atomic E-state index is 10.7. The number of amides is 1. The molecule has 1 amide bonds. The molecule has 0 fully saturated rings. The van der Waals surface area contributed by atoms with E-state index in [4.69, 9.17) is 25.3 Å². The fraction of sp³-hybridized carbons (Fsp3) is 0.458. The van der Waals surface area contributed by atoms with Gasteiger partial charge in [-0.2, -0.15) is 4.99 Å². The van der Waals surface area contributed by atoms with Crippen molar-refractivity contribution in [3.63, 3.8) is 0 Å². The molecule has 0 aliphatic carbocycles. The normalized spacial score (nSPS) is 12.8. The molecule has 218 valence electrons. The lowest BCUT2D eigenvalue weighted by atomic mass is 10.2. The van der Waals surface area contributed by atoms with Gasteiger partial charge >= 0.3 is 5.95 Å². The molecular formula is C24H40N7O7P. The summed E-state index contributed by atoms with van der Waals surface area (Å²) < 4.78 is 17.7. The van der Waals surface area contributed by atoms with Crippen molar-refractivity contribution < 1.29 is 28.6 Å². The average molecular weight is 570 g/mol. The molecule has 1 aromatic carbocycles. The van der Waals surface area contributed by atoms with Crippen LogP contribution in [-0.4, -0.2) is 69.3 Å². The Kier molecular flexibility index (Phi) is 19.8. The number of benzene rings is 1. The van der Waals surface area contributed by atoms with Crippen molar-refractivity contribution in [3.05, 3.63) is 70.2 Å². The number of carbonyl (C=O) groups is 1. The second-order valence-corrected chi connectivity index (χ2v) is 8.16. The zero-order chi connectivity index (χ0) is 29.6. The minimum atomic E-state index is -0.601. The summed E-state index contributed by atoms with van der Waals surface area (Å²) in [6, 6.07) is 9.99. The first kappa shape index (κ1) is 35.7. The highest BCUT2D eigenvalue weighted by Gasteiger charge is 2.18. The van der Waals surface area contributed by atoms with Gasteiger partial charge in [0.25, 0.3) is 0 Å². The van der Waals surface area contributed by atoms with Crippen LogP contribution in [0.15, 0.2) is 53.8 Å². The van der Waals surface area contributed by atoms with Gasteiger partial charge in [-0.3, -0.25) is 4.79 Å². The number of hydrogen-bond donors (Lipinski definition) is 3. The van der Waals surface area contributed by atoms with E-state index in [1.165, 1.54) is 29.5 Å². The van der Waals surface area contributed by atoms with Crippen LogP contribution in [0.2, 0.25) is 0 Å². The van der Waals surface area contributed by atoms with E-state index < -0.39 is 17.3 Å². The number of carbonyl (C=O) groups excluding carboxylic acids is 1. The molecule has 0 aliphatic rings. The van der Waals surface area contributed by atoms with E-state index in [-0.39, 0.29) is 40.6 Å². The lowest BCUT2D eigenvalue weighted by Crippen LogP contribution is -2.35. The van der Waals surface area contributed by atoms with E-state index in [1.807, 2.05) is 44.2 Å². The molecule has 3 unspecified atom stereocenters. The van der Waals surface area contributed by atoms with E-state index >= 15 is 0 Å². The molecule has 3 atom stereocenters. The quantitative estimate of drug-likeness (QED) is 0.0416. The predicted molar refractivity (Wildman–Crippen MR) is 151 cm³/mol. The van der Waals surface area contributed by atoms with Crippen LogP contribution < -0.4 is 11.5 Å². The lowest BCUT2D eigenvalue weighted by molar-refractivity contribution is -0.396. The van der Waals surface area contributed by atoms with E-state index in [9.17, 15) is 20.0 Å². The molecule has 5 N–H and O–H groups in total. The van der Waals surface area contributed by atoms with Gasteiger partial charge in [-0.1, -0.05) is 49.2 Å². The van der Waals surface area contributed by atoms with Crippen molar-refractivity contribution in [1.82, 2.24) is 14.5 Å². The number of aromatic nitrogens is 2. The molecule has 2 aromatic rings. The number of hydrogen-bond acceptors (Lipinski definition) is 10. The number of nitrogens with zero attached hydrogens (tertiary/aromatic N) is 5. The third kappa shape index (κ3) is 15.1. The number of nitrogens with two attached hydrogens (primary N) is 2. The SMILES string of the molecule is CC.CC(OC(CO)COPOCc1cnc([N+](=O)[O-])n1C)N(C)/C=C\C(N)=NC=O.NCc1ccccc1. The summed E-state index contributed by atoms with van der Waals surface area (Å²) in [5, 5.41) is 20.2. The Morgan fingerprint density at radius 2 is 2.00 bits per heavy atom. The smallest absolute Gasteiger partial charge is 0.394 e. The molecule has 15 heteroatoms. The highest BCUT2D eigenvalue weighted by molar-refractivity contribution is 7.26.